The third-order valence-corrected chi connectivity index (χ3v) is 5.66. The van der Waals surface area contributed by atoms with Gasteiger partial charge in [0.05, 0.1) is 4.90 Å². The van der Waals surface area contributed by atoms with Gasteiger partial charge in [0.1, 0.15) is 5.02 Å². The Bertz CT molecular complexity index is 621. The third kappa shape index (κ3) is 3.62. The molecule has 1 fully saturated rings. The highest BCUT2D eigenvalue weighted by atomic mass is 35.5. The van der Waals surface area contributed by atoms with Gasteiger partial charge in [-0.25, -0.2) is 13.1 Å². The van der Waals surface area contributed by atoms with E-state index >= 15 is 0 Å². The molecular weight excluding hydrogens is 300 g/mol. The van der Waals surface area contributed by atoms with Gasteiger partial charge in [0.25, 0.3) is 5.56 Å². The topological polar surface area (TPSA) is 79.0 Å². The molecule has 0 radical (unpaired) electrons. The number of aromatic amines is 1. The van der Waals surface area contributed by atoms with E-state index in [4.69, 9.17) is 11.6 Å². The summed E-state index contributed by atoms with van der Waals surface area (Å²) in [6.07, 6.45) is 6.81. The normalized spacial score (nSPS) is 18.9. The number of rotatable bonds is 4. The Balaban J connectivity index is 2.13. The van der Waals surface area contributed by atoms with Gasteiger partial charge in [0.2, 0.25) is 10.0 Å². The van der Waals surface area contributed by atoms with E-state index in [-0.39, 0.29) is 16.0 Å². The van der Waals surface area contributed by atoms with Gasteiger partial charge in [-0.2, -0.15) is 0 Å². The van der Waals surface area contributed by atoms with Crippen molar-refractivity contribution in [2.75, 3.05) is 0 Å². The minimum absolute atomic E-state index is 0.00948. The maximum Gasteiger partial charge on any atom is 0.266 e. The predicted molar refractivity (Wildman–Crippen MR) is 78.4 cm³/mol. The number of sulfonamides is 1. The number of nitrogens with one attached hydrogen (secondary N) is 2. The number of aromatic nitrogens is 1. The molecule has 1 aromatic rings. The minimum atomic E-state index is -3.65. The summed E-state index contributed by atoms with van der Waals surface area (Å²) in [5.41, 5.74) is -0.494. The molecule has 0 spiro atoms. The summed E-state index contributed by atoms with van der Waals surface area (Å²) in [6, 6.07) is 1.06. The molecule has 0 bridgehead atoms. The summed E-state index contributed by atoms with van der Waals surface area (Å²) < 4.78 is 27.2. The van der Waals surface area contributed by atoms with Gasteiger partial charge >= 0.3 is 0 Å². The minimum Gasteiger partial charge on any atom is -0.326 e. The molecule has 0 aromatic carbocycles. The zero-order chi connectivity index (χ0) is 14.8. The van der Waals surface area contributed by atoms with Crippen molar-refractivity contribution in [1.29, 1.82) is 0 Å². The van der Waals surface area contributed by atoms with Crippen molar-refractivity contribution in [2.45, 2.75) is 50.0 Å². The standard InChI is InChI=1S/C13H19ClN2O3S/c1-9(10-5-3-2-4-6-10)16-20(18,19)11-7-12(14)13(17)15-8-11/h7-10,16H,2-6H2,1H3,(H,15,17). The molecule has 112 valence electrons. The van der Waals surface area contributed by atoms with Crippen LogP contribution < -0.4 is 10.3 Å². The molecular formula is C13H19ClN2O3S. The largest absolute Gasteiger partial charge is 0.326 e. The van der Waals surface area contributed by atoms with Crippen molar-refractivity contribution in [3.05, 3.63) is 27.6 Å². The third-order valence-electron chi connectivity index (χ3n) is 3.84. The van der Waals surface area contributed by atoms with E-state index in [1.54, 1.807) is 0 Å². The Labute approximate surface area is 123 Å². The lowest BCUT2D eigenvalue weighted by Gasteiger charge is -2.28. The Kier molecular flexibility index (Phi) is 4.88. The van der Waals surface area contributed by atoms with Crippen molar-refractivity contribution in [3.8, 4) is 0 Å². The average molecular weight is 319 g/mol. The smallest absolute Gasteiger partial charge is 0.266 e. The van der Waals surface area contributed by atoms with E-state index in [1.165, 1.54) is 18.7 Å². The van der Waals surface area contributed by atoms with Gasteiger partial charge < -0.3 is 4.98 Å². The second-order valence-electron chi connectivity index (χ2n) is 5.32. The van der Waals surface area contributed by atoms with E-state index in [0.717, 1.165) is 25.7 Å². The molecule has 0 aliphatic heterocycles. The van der Waals surface area contributed by atoms with E-state index in [1.807, 2.05) is 6.92 Å². The SMILES string of the molecule is CC(NS(=O)(=O)c1c[nH]c(=O)c(Cl)c1)C1CCCCC1. The number of halogens is 1. The van der Waals surface area contributed by atoms with Crippen LogP contribution in [0.15, 0.2) is 22.0 Å². The summed E-state index contributed by atoms with van der Waals surface area (Å²) >= 11 is 5.67. The molecule has 2 N–H and O–H groups in total. The molecule has 1 saturated carbocycles. The molecule has 1 unspecified atom stereocenters. The van der Waals surface area contributed by atoms with Gasteiger partial charge in [-0.15, -0.1) is 0 Å². The molecule has 0 amide bonds. The van der Waals surface area contributed by atoms with E-state index in [9.17, 15) is 13.2 Å². The maximum absolute atomic E-state index is 12.3. The zero-order valence-corrected chi connectivity index (χ0v) is 12.9. The number of pyridine rings is 1. The van der Waals surface area contributed by atoms with Gasteiger partial charge in [0, 0.05) is 12.2 Å². The van der Waals surface area contributed by atoms with Crippen LogP contribution in [0.2, 0.25) is 5.02 Å². The summed E-state index contributed by atoms with van der Waals surface area (Å²) in [5.74, 6) is 0.372. The Hall–Kier alpha value is -0.850. The Morgan fingerprint density at radius 3 is 2.60 bits per heavy atom. The van der Waals surface area contributed by atoms with Gasteiger partial charge in [-0.3, -0.25) is 4.79 Å². The second-order valence-corrected chi connectivity index (χ2v) is 7.44. The van der Waals surface area contributed by atoms with E-state index in [0.29, 0.717) is 5.92 Å². The van der Waals surface area contributed by atoms with Crippen LogP contribution >= 0.6 is 11.6 Å². The highest BCUT2D eigenvalue weighted by Gasteiger charge is 2.25. The molecule has 1 heterocycles. The molecule has 20 heavy (non-hydrogen) atoms. The summed E-state index contributed by atoms with van der Waals surface area (Å²) in [6.45, 7) is 1.89. The molecule has 1 aliphatic carbocycles. The van der Waals surface area contributed by atoms with E-state index in [2.05, 4.69) is 9.71 Å². The lowest BCUT2D eigenvalue weighted by molar-refractivity contribution is 0.303. The van der Waals surface area contributed by atoms with Crippen molar-refractivity contribution < 1.29 is 8.42 Å². The van der Waals surface area contributed by atoms with Crippen molar-refractivity contribution >= 4 is 21.6 Å². The second kappa shape index (κ2) is 6.28. The monoisotopic (exact) mass is 318 g/mol. The average Bonchev–Trinajstić information content (AvgIpc) is 2.42. The Morgan fingerprint density at radius 1 is 1.35 bits per heavy atom. The fourth-order valence-electron chi connectivity index (χ4n) is 2.64. The van der Waals surface area contributed by atoms with E-state index < -0.39 is 15.6 Å². The van der Waals surface area contributed by atoms with Crippen LogP contribution in [0.25, 0.3) is 0 Å². The van der Waals surface area contributed by atoms with Gasteiger partial charge in [-0.05, 0) is 31.7 Å². The lowest BCUT2D eigenvalue weighted by Crippen LogP contribution is -2.39. The fraction of sp³-hybridized carbons (Fsp3) is 0.615. The zero-order valence-electron chi connectivity index (χ0n) is 11.4. The van der Waals surface area contributed by atoms with Crippen LogP contribution in [-0.2, 0) is 10.0 Å². The van der Waals surface area contributed by atoms with Crippen LogP contribution in [0.3, 0.4) is 0 Å². The first-order chi connectivity index (χ1) is 9.40. The first-order valence-corrected chi connectivity index (χ1v) is 8.67. The molecule has 1 aliphatic rings. The van der Waals surface area contributed by atoms with Crippen molar-refractivity contribution in [2.24, 2.45) is 5.92 Å². The highest BCUT2D eigenvalue weighted by molar-refractivity contribution is 7.89. The van der Waals surface area contributed by atoms with Crippen LogP contribution in [0.4, 0.5) is 0 Å². The molecule has 1 aromatic heterocycles. The lowest BCUT2D eigenvalue weighted by atomic mass is 9.85. The number of H-pyrrole nitrogens is 1. The number of hydrogen-bond donors (Lipinski definition) is 2. The maximum atomic E-state index is 12.3. The van der Waals surface area contributed by atoms with Gasteiger partial charge in [-0.1, -0.05) is 30.9 Å². The summed E-state index contributed by atoms with van der Waals surface area (Å²) in [5, 5.41) is -0.127. The van der Waals surface area contributed by atoms with Gasteiger partial charge in [0.15, 0.2) is 0 Å². The Morgan fingerprint density at radius 2 is 2.00 bits per heavy atom. The predicted octanol–water partition coefficient (Wildman–Crippen LogP) is 2.28. The summed E-state index contributed by atoms with van der Waals surface area (Å²) in [7, 11) is -3.65. The van der Waals surface area contributed by atoms with Crippen LogP contribution in [-0.4, -0.2) is 19.4 Å². The van der Waals surface area contributed by atoms with Crippen molar-refractivity contribution in [3.63, 3.8) is 0 Å². The highest BCUT2D eigenvalue weighted by Crippen LogP contribution is 2.27. The molecule has 0 saturated heterocycles. The van der Waals surface area contributed by atoms with Crippen molar-refractivity contribution in [1.82, 2.24) is 9.71 Å². The molecule has 2 rings (SSSR count). The van der Waals surface area contributed by atoms with Crippen LogP contribution in [0, 0.1) is 5.92 Å². The fourth-order valence-corrected chi connectivity index (χ4v) is 4.18. The molecule has 7 heteroatoms. The molecule has 1 atom stereocenters. The first kappa shape index (κ1) is 15.5. The number of hydrogen-bond acceptors (Lipinski definition) is 3. The van der Waals surface area contributed by atoms with Crippen LogP contribution in [0.5, 0.6) is 0 Å². The van der Waals surface area contributed by atoms with Crippen LogP contribution in [0.1, 0.15) is 39.0 Å². The summed E-state index contributed by atoms with van der Waals surface area (Å²) in [4.78, 5) is 13.5. The molecule has 5 nitrogen and oxygen atoms in total. The quantitative estimate of drug-likeness (QED) is 0.893. The first-order valence-electron chi connectivity index (χ1n) is 6.81.